The van der Waals surface area contributed by atoms with Crippen molar-refractivity contribution < 1.29 is 0 Å². The van der Waals surface area contributed by atoms with Crippen LogP contribution >= 0.6 is 0 Å². The lowest BCUT2D eigenvalue weighted by Gasteiger charge is -2.10. The highest BCUT2D eigenvalue weighted by Gasteiger charge is 2.03. The largest absolute Gasteiger partial charge is 0.384 e. The number of hydrogen-bond acceptors (Lipinski definition) is 2. The lowest BCUT2D eigenvalue weighted by Crippen LogP contribution is -2.04. The fraction of sp³-hybridized carbons (Fsp3) is 0.462. The summed E-state index contributed by atoms with van der Waals surface area (Å²) in [6.45, 7) is 5.17. The van der Waals surface area contributed by atoms with Crippen LogP contribution in [0.15, 0.2) is 18.2 Å². The molecule has 0 spiro atoms. The fourth-order valence-corrected chi connectivity index (χ4v) is 1.58. The Kier molecular flexibility index (Phi) is 4.70. The number of nitrogens with one attached hydrogen (secondary N) is 1. The molecule has 0 saturated carbocycles. The van der Waals surface area contributed by atoms with Crippen LogP contribution in [0.25, 0.3) is 0 Å². The van der Waals surface area contributed by atoms with Crippen molar-refractivity contribution in [2.45, 2.75) is 33.1 Å². The van der Waals surface area contributed by atoms with Gasteiger partial charge in [0.25, 0.3) is 0 Å². The number of nitriles is 1. The van der Waals surface area contributed by atoms with Gasteiger partial charge in [-0.25, -0.2) is 0 Å². The van der Waals surface area contributed by atoms with E-state index >= 15 is 0 Å². The number of anilines is 1. The molecule has 0 atom stereocenters. The van der Waals surface area contributed by atoms with Crippen LogP contribution in [0.4, 0.5) is 5.69 Å². The lowest BCUT2D eigenvalue weighted by molar-refractivity contribution is 0.743. The molecule has 0 aliphatic heterocycles. The number of para-hydroxylation sites is 1. The highest BCUT2D eigenvalue weighted by molar-refractivity contribution is 5.62. The number of unbranched alkanes of at least 4 members (excludes halogenated alkanes) is 2. The summed E-state index contributed by atoms with van der Waals surface area (Å²) >= 11 is 0. The Morgan fingerprint density at radius 2 is 2.13 bits per heavy atom. The van der Waals surface area contributed by atoms with Gasteiger partial charge in [0.1, 0.15) is 6.07 Å². The van der Waals surface area contributed by atoms with Gasteiger partial charge < -0.3 is 5.32 Å². The fourth-order valence-electron chi connectivity index (χ4n) is 1.58. The minimum Gasteiger partial charge on any atom is -0.384 e. The highest BCUT2D eigenvalue weighted by Crippen LogP contribution is 2.19. The Morgan fingerprint density at radius 1 is 1.33 bits per heavy atom. The first kappa shape index (κ1) is 11.6. The van der Waals surface area contributed by atoms with Gasteiger partial charge in [0.15, 0.2) is 0 Å². The van der Waals surface area contributed by atoms with Crippen molar-refractivity contribution in [2.24, 2.45) is 0 Å². The van der Waals surface area contributed by atoms with Crippen molar-refractivity contribution in [3.05, 3.63) is 29.3 Å². The van der Waals surface area contributed by atoms with Gasteiger partial charge in [-0.1, -0.05) is 31.9 Å². The smallest absolute Gasteiger partial charge is 0.101 e. The van der Waals surface area contributed by atoms with Crippen molar-refractivity contribution in [1.82, 2.24) is 0 Å². The molecule has 0 radical (unpaired) electrons. The van der Waals surface area contributed by atoms with Crippen LogP contribution in [-0.4, -0.2) is 6.54 Å². The molecule has 0 unspecified atom stereocenters. The minimum absolute atomic E-state index is 0.742. The van der Waals surface area contributed by atoms with E-state index in [1.54, 1.807) is 0 Å². The third-order valence-electron chi connectivity index (χ3n) is 2.48. The van der Waals surface area contributed by atoms with Gasteiger partial charge in [0.2, 0.25) is 0 Å². The predicted molar refractivity (Wildman–Crippen MR) is 63.9 cm³/mol. The standard InChI is InChI=1S/C13H18N2/c1-3-4-5-9-15-13-11(2)7-6-8-12(13)10-14/h6-8,15H,3-5,9H2,1-2H3. The molecule has 0 fully saturated rings. The zero-order valence-corrected chi connectivity index (χ0v) is 9.51. The van der Waals surface area contributed by atoms with Gasteiger partial charge in [-0.2, -0.15) is 5.26 Å². The van der Waals surface area contributed by atoms with Crippen LogP contribution in [0.3, 0.4) is 0 Å². The van der Waals surface area contributed by atoms with E-state index in [1.807, 2.05) is 25.1 Å². The molecule has 1 N–H and O–H groups in total. The van der Waals surface area contributed by atoms with E-state index in [-0.39, 0.29) is 0 Å². The Balaban J connectivity index is 2.63. The van der Waals surface area contributed by atoms with Gasteiger partial charge in [-0.05, 0) is 25.0 Å². The summed E-state index contributed by atoms with van der Waals surface area (Å²) in [6.07, 6.45) is 3.62. The number of hydrogen-bond donors (Lipinski definition) is 1. The Labute approximate surface area is 91.9 Å². The molecule has 1 aromatic rings. The van der Waals surface area contributed by atoms with Crippen LogP contribution in [0, 0.1) is 18.3 Å². The molecule has 0 amide bonds. The zero-order chi connectivity index (χ0) is 11.1. The monoisotopic (exact) mass is 202 g/mol. The first-order valence-corrected chi connectivity index (χ1v) is 5.53. The summed E-state index contributed by atoms with van der Waals surface area (Å²) in [4.78, 5) is 0. The molecule has 0 aromatic heterocycles. The Morgan fingerprint density at radius 3 is 2.80 bits per heavy atom. The molecule has 0 bridgehead atoms. The average Bonchev–Trinajstić information content (AvgIpc) is 2.26. The van der Waals surface area contributed by atoms with Crippen molar-refractivity contribution >= 4 is 5.69 Å². The van der Waals surface area contributed by atoms with E-state index in [0.29, 0.717) is 0 Å². The maximum Gasteiger partial charge on any atom is 0.101 e. The first-order valence-electron chi connectivity index (χ1n) is 5.53. The summed E-state index contributed by atoms with van der Waals surface area (Å²) in [5.41, 5.74) is 2.88. The predicted octanol–water partition coefficient (Wildman–Crippen LogP) is 3.47. The number of rotatable bonds is 5. The number of nitrogens with zero attached hydrogens (tertiary/aromatic N) is 1. The van der Waals surface area contributed by atoms with Gasteiger partial charge in [-0.15, -0.1) is 0 Å². The molecule has 0 saturated heterocycles. The van der Waals surface area contributed by atoms with Crippen LogP contribution in [0.2, 0.25) is 0 Å². The normalized spacial score (nSPS) is 9.67. The van der Waals surface area contributed by atoms with E-state index in [0.717, 1.165) is 29.8 Å². The summed E-state index contributed by atoms with van der Waals surface area (Å²) in [6, 6.07) is 8.02. The van der Waals surface area contributed by atoms with E-state index in [4.69, 9.17) is 5.26 Å². The van der Waals surface area contributed by atoms with Crippen molar-refractivity contribution in [2.75, 3.05) is 11.9 Å². The van der Waals surface area contributed by atoms with Crippen molar-refractivity contribution in [3.63, 3.8) is 0 Å². The summed E-state index contributed by atoms with van der Waals surface area (Å²) in [7, 11) is 0. The maximum absolute atomic E-state index is 8.96. The Hall–Kier alpha value is -1.49. The van der Waals surface area contributed by atoms with Gasteiger partial charge in [0.05, 0.1) is 11.3 Å². The summed E-state index contributed by atoms with van der Waals surface area (Å²) in [5.74, 6) is 0. The van der Waals surface area contributed by atoms with Crippen LogP contribution in [0.1, 0.15) is 37.3 Å². The topological polar surface area (TPSA) is 35.8 Å². The minimum atomic E-state index is 0.742. The maximum atomic E-state index is 8.96. The van der Waals surface area contributed by atoms with Crippen molar-refractivity contribution in [3.8, 4) is 6.07 Å². The second-order valence-electron chi connectivity index (χ2n) is 3.74. The molecule has 2 heteroatoms. The Bertz CT molecular complexity index is 350. The van der Waals surface area contributed by atoms with Gasteiger partial charge in [-0.3, -0.25) is 0 Å². The third kappa shape index (κ3) is 3.28. The SMILES string of the molecule is CCCCCNc1c(C)cccc1C#N. The molecular weight excluding hydrogens is 184 g/mol. The van der Waals surface area contributed by atoms with E-state index in [2.05, 4.69) is 18.3 Å². The number of benzene rings is 1. The molecule has 0 aliphatic rings. The molecule has 80 valence electrons. The average molecular weight is 202 g/mol. The molecule has 1 aromatic carbocycles. The van der Waals surface area contributed by atoms with Gasteiger partial charge in [0, 0.05) is 6.54 Å². The highest BCUT2D eigenvalue weighted by atomic mass is 14.9. The molecule has 15 heavy (non-hydrogen) atoms. The first-order chi connectivity index (χ1) is 7.29. The van der Waals surface area contributed by atoms with Gasteiger partial charge >= 0.3 is 0 Å². The third-order valence-corrected chi connectivity index (χ3v) is 2.48. The van der Waals surface area contributed by atoms with Crippen molar-refractivity contribution in [1.29, 1.82) is 5.26 Å². The summed E-state index contributed by atoms with van der Waals surface area (Å²) < 4.78 is 0. The molecular formula is C13H18N2. The van der Waals surface area contributed by atoms with Crippen LogP contribution in [0.5, 0.6) is 0 Å². The summed E-state index contributed by atoms with van der Waals surface area (Å²) in [5, 5.41) is 12.3. The second kappa shape index (κ2) is 6.08. The quantitative estimate of drug-likeness (QED) is 0.742. The van der Waals surface area contributed by atoms with E-state index in [1.165, 1.54) is 12.8 Å². The van der Waals surface area contributed by atoms with Crippen LogP contribution < -0.4 is 5.32 Å². The zero-order valence-electron chi connectivity index (χ0n) is 9.51. The molecule has 0 aliphatic carbocycles. The molecule has 1 rings (SSSR count). The van der Waals surface area contributed by atoms with E-state index in [9.17, 15) is 0 Å². The van der Waals surface area contributed by atoms with Crippen LogP contribution in [-0.2, 0) is 0 Å². The number of aryl methyl sites for hydroxylation is 1. The second-order valence-corrected chi connectivity index (χ2v) is 3.74. The molecule has 2 nitrogen and oxygen atoms in total. The van der Waals surface area contributed by atoms with E-state index < -0.39 is 0 Å². The lowest BCUT2D eigenvalue weighted by atomic mass is 10.1. The molecule has 0 heterocycles.